The van der Waals surface area contributed by atoms with E-state index in [9.17, 15) is 23.1 Å². The van der Waals surface area contributed by atoms with Crippen molar-refractivity contribution in [3.8, 4) is 5.75 Å². The van der Waals surface area contributed by atoms with Crippen LogP contribution >= 0.6 is 0 Å². The van der Waals surface area contributed by atoms with E-state index in [0.717, 1.165) is 5.69 Å². The van der Waals surface area contributed by atoms with Crippen LogP contribution in [0.15, 0.2) is 24.3 Å². The van der Waals surface area contributed by atoms with Crippen molar-refractivity contribution in [1.29, 1.82) is 0 Å². The number of phenols is 1. The standard InChI is InChI=1S/C18H21F3N2O3/c19-18(20,21)16-14-6-5-13(26-14)15(16)17(25)23-9-7-22(8-10-23)11-1-3-12(24)4-2-11/h1-4,13-16,24H,5-10H2. The molecule has 4 unspecified atom stereocenters. The molecule has 0 aromatic heterocycles. The number of carbonyl (C=O) groups excluding carboxylic acids is 1. The van der Waals surface area contributed by atoms with Crippen molar-refractivity contribution in [2.45, 2.75) is 31.2 Å². The molecule has 4 rings (SSSR count). The topological polar surface area (TPSA) is 53.0 Å². The molecule has 5 nitrogen and oxygen atoms in total. The van der Waals surface area contributed by atoms with Gasteiger partial charge in [-0.05, 0) is 37.1 Å². The Morgan fingerprint density at radius 3 is 2.27 bits per heavy atom. The van der Waals surface area contributed by atoms with Gasteiger partial charge in [-0.1, -0.05) is 0 Å². The normalized spacial score (nSPS) is 31.5. The third-order valence-electron chi connectivity index (χ3n) is 5.74. The van der Waals surface area contributed by atoms with Crippen LogP contribution in [-0.4, -0.2) is 60.5 Å². The summed E-state index contributed by atoms with van der Waals surface area (Å²) in [6.45, 7) is 1.88. The summed E-state index contributed by atoms with van der Waals surface area (Å²) in [5.74, 6) is -3.03. The number of amides is 1. The van der Waals surface area contributed by atoms with Gasteiger partial charge in [0.2, 0.25) is 5.91 Å². The third-order valence-corrected chi connectivity index (χ3v) is 5.74. The molecule has 1 amide bonds. The van der Waals surface area contributed by atoms with Crippen LogP contribution in [-0.2, 0) is 9.53 Å². The van der Waals surface area contributed by atoms with Gasteiger partial charge in [-0.2, -0.15) is 13.2 Å². The number of hydrogen-bond acceptors (Lipinski definition) is 4. The number of benzene rings is 1. The van der Waals surface area contributed by atoms with Crippen LogP contribution < -0.4 is 4.90 Å². The number of anilines is 1. The van der Waals surface area contributed by atoms with Gasteiger partial charge in [0.15, 0.2) is 0 Å². The monoisotopic (exact) mass is 370 g/mol. The lowest BCUT2D eigenvalue weighted by molar-refractivity contribution is -0.199. The van der Waals surface area contributed by atoms with Crippen molar-refractivity contribution in [2.24, 2.45) is 11.8 Å². The molecule has 0 spiro atoms. The van der Waals surface area contributed by atoms with E-state index in [1.54, 1.807) is 29.2 Å². The SMILES string of the molecule is O=C(C1C2CCC(O2)C1C(F)(F)F)N1CCN(c2ccc(O)cc2)CC1. The van der Waals surface area contributed by atoms with Crippen LogP contribution in [0.3, 0.4) is 0 Å². The lowest BCUT2D eigenvalue weighted by Gasteiger charge is -2.39. The summed E-state index contributed by atoms with van der Waals surface area (Å²) in [7, 11) is 0. The van der Waals surface area contributed by atoms with Crippen molar-refractivity contribution < 1.29 is 27.8 Å². The van der Waals surface area contributed by atoms with Gasteiger partial charge >= 0.3 is 6.18 Å². The van der Waals surface area contributed by atoms with Crippen molar-refractivity contribution in [2.75, 3.05) is 31.1 Å². The number of rotatable bonds is 2. The van der Waals surface area contributed by atoms with Gasteiger partial charge in [-0.25, -0.2) is 0 Å². The van der Waals surface area contributed by atoms with Crippen LogP contribution in [0.1, 0.15) is 12.8 Å². The highest BCUT2D eigenvalue weighted by Crippen LogP contribution is 2.51. The van der Waals surface area contributed by atoms with E-state index in [1.807, 2.05) is 0 Å². The minimum Gasteiger partial charge on any atom is -0.508 e. The van der Waals surface area contributed by atoms with Gasteiger partial charge in [0.25, 0.3) is 0 Å². The lowest BCUT2D eigenvalue weighted by atomic mass is 9.78. The number of halogens is 3. The molecule has 142 valence electrons. The van der Waals surface area contributed by atoms with Crippen LogP contribution in [0.4, 0.5) is 18.9 Å². The molecule has 1 N–H and O–H groups in total. The smallest absolute Gasteiger partial charge is 0.395 e. The Hall–Kier alpha value is -1.96. The largest absolute Gasteiger partial charge is 0.508 e. The minimum absolute atomic E-state index is 0.178. The summed E-state index contributed by atoms with van der Waals surface area (Å²) in [6.07, 6.45) is -4.97. The van der Waals surface area contributed by atoms with E-state index in [2.05, 4.69) is 4.90 Å². The zero-order chi connectivity index (χ0) is 18.5. The Bertz CT molecular complexity index is 671. The molecule has 3 heterocycles. The fourth-order valence-corrected chi connectivity index (χ4v) is 4.47. The lowest BCUT2D eigenvalue weighted by Crippen LogP contribution is -2.54. The first kappa shape index (κ1) is 17.5. The molecule has 3 aliphatic rings. The van der Waals surface area contributed by atoms with Gasteiger partial charge in [-0.3, -0.25) is 4.79 Å². The molecule has 8 heteroatoms. The Kier molecular flexibility index (Phi) is 4.25. The van der Waals surface area contributed by atoms with Crippen molar-refractivity contribution in [1.82, 2.24) is 4.90 Å². The number of phenolic OH excluding ortho intramolecular Hbond substituents is 1. The average Bonchev–Trinajstić information content (AvgIpc) is 3.23. The van der Waals surface area contributed by atoms with Crippen LogP contribution in [0.5, 0.6) is 5.75 Å². The van der Waals surface area contributed by atoms with E-state index in [1.165, 1.54) is 0 Å². The van der Waals surface area contributed by atoms with Crippen LogP contribution in [0.2, 0.25) is 0 Å². The number of piperazine rings is 1. The second kappa shape index (κ2) is 6.33. The van der Waals surface area contributed by atoms with Crippen molar-refractivity contribution in [3.63, 3.8) is 0 Å². The molecule has 1 aromatic carbocycles. The molecule has 3 aliphatic heterocycles. The summed E-state index contributed by atoms with van der Waals surface area (Å²) in [4.78, 5) is 16.4. The summed E-state index contributed by atoms with van der Waals surface area (Å²) >= 11 is 0. The average molecular weight is 370 g/mol. The number of hydrogen-bond donors (Lipinski definition) is 1. The summed E-state index contributed by atoms with van der Waals surface area (Å²) < 4.78 is 45.7. The number of aromatic hydroxyl groups is 1. The fourth-order valence-electron chi connectivity index (χ4n) is 4.47. The van der Waals surface area contributed by atoms with Gasteiger partial charge in [0.05, 0.1) is 24.0 Å². The van der Waals surface area contributed by atoms with E-state index >= 15 is 0 Å². The quantitative estimate of drug-likeness (QED) is 0.869. The minimum atomic E-state index is -4.41. The van der Waals surface area contributed by atoms with Crippen LogP contribution in [0.25, 0.3) is 0 Å². The maximum Gasteiger partial charge on any atom is 0.395 e. The molecule has 2 bridgehead atoms. The Morgan fingerprint density at radius 2 is 1.65 bits per heavy atom. The molecule has 26 heavy (non-hydrogen) atoms. The van der Waals surface area contributed by atoms with E-state index in [4.69, 9.17) is 4.74 Å². The second-order valence-corrected chi connectivity index (χ2v) is 7.21. The highest BCUT2D eigenvalue weighted by atomic mass is 19.4. The van der Waals surface area contributed by atoms with E-state index in [0.29, 0.717) is 39.0 Å². The molecule has 0 saturated carbocycles. The third kappa shape index (κ3) is 3.00. The molecular formula is C18H21F3N2O3. The number of carbonyl (C=O) groups is 1. The molecule has 0 aliphatic carbocycles. The predicted octanol–water partition coefficient (Wildman–Crippen LogP) is 2.40. The van der Waals surface area contributed by atoms with Crippen molar-refractivity contribution in [3.05, 3.63) is 24.3 Å². The van der Waals surface area contributed by atoms with Gasteiger partial charge in [-0.15, -0.1) is 0 Å². The highest BCUT2D eigenvalue weighted by molar-refractivity contribution is 5.81. The zero-order valence-corrected chi connectivity index (χ0v) is 14.2. The van der Waals surface area contributed by atoms with Gasteiger partial charge in [0, 0.05) is 31.9 Å². The first-order valence-corrected chi connectivity index (χ1v) is 8.89. The maximum atomic E-state index is 13.4. The molecule has 3 fully saturated rings. The zero-order valence-electron chi connectivity index (χ0n) is 14.2. The van der Waals surface area contributed by atoms with Gasteiger partial charge in [0.1, 0.15) is 5.75 Å². The van der Waals surface area contributed by atoms with E-state index < -0.39 is 36.1 Å². The maximum absolute atomic E-state index is 13.4. The van der Waals surface area contributed by atoms with Crippen molar-refractivity contribution >= 4 is 11.6 Å². The first-order valence-electron chi connectivity index (χ1n) is 8.89. The van der Waals surface area contributed by atoms with Crippen LogP contribution in [0, 0.1) is 11.8 Å². The summed E-state index contributed by atoms with van der Waals surface area (Å²) in [6, 6.07) is 6.76. The molecule has 4 atom stereocenters. The number of nitrogens with zero attached hydrogens (tertiary/aromatic N) is 2. The number of alkyl halides is 3. The molecule has 1 aromatic rings. The Balaban J connectivity index is 1.42. The van der Waals surface area contributed by atoms with E-state index in [-0.39, 0.29) is 5.75 Å². The Labute approximate surface area is 149 Å². The highest BCUT2D eigenvalue weighted by Gasteiger charge is 2.63. The predicted molar refractivity (Wildman–Crippen MR) is 87.8 cm³/mol. The number of ether oxygens (including phenoxy) is 1. The molecular weight excluding hydrogens is 349 g/mol. The summed E-state index contributed by atoms with van der Waals surface area (Å²) in [5.41, 5.74) is 0.923. The fraction of sp³-hybridized carbons (Fsp3) is 0.611. The van der Waals surface area contributed by atoms with Gasteiger partial charge < -0.3 is 19.6 Å². The second-order valence-electron chi connectivity index (χ2n) is 7.21. The summed E-state index contributed by atoms with van der Waals surface area (Å²) in [5, 5.41) is 9.36. The number of fused-ring (bicyclic) bond motifs is 2. The molecule has 0 radical (unpaired) electrons. The molecule has 3 saturated heterocycles. The Morgan fingerprint density at radius 1 is 1.04 bits per heavy atom. The first-order chi connectivity index (χ1) is 12.3.